The molecule has 0 radical (unpaired) electrons. The number of aliphatic hydroxyl groups excluding tert-OH is 1. The smallest absolute Gasteiger partial charge is 0.0994 e. The lowest BCUT2D eigenvalue weighted by Crippen LogP contribution is -2.12. The molecule has 0 aliphatic heterocycles. The summed E-state index contributed by atoms with van der Waals surface area (Å²) in [6.07, 6.45) is 0.522. The van der Waals surface area contributed by atoms with Crippen molar-refractivity contribution in [1.29, 1.82) is 5.26 Å². The number of nitrogens with zero attached hydrogens (tertiary/aromatic N) is 1. The van der Waals surface area contributed by atoms with Crippen molar-refractivity contribution in [2.24, 2.45) is 5.73 Å². The normalized spacial score (nSPS) is 12.1. The number of hydrogen-bond acceptors (Lipinski definition) is 3. The molecule has 0 saturated heterocycles. The van der Waals surface area contributed by atoms with Crippen LogP contribution in [0.2, 0.25) is 0 Å². The molecule has 1 aromatic rings. The molecular weight excluding hydrogens is 176 g/mol. The summed E-state index contributed by atoms with van der Waals surface area (Å²) in [5.74, 6) is 0. The minimum absolute atomic E-state index is 0.0664. The van der Waals surface area contributed by atoms with Crippen LogP contribution in [0.15, 0.2) is 18.2 Å². The van der Waals surface area contributed by atoms with E-state index in [1.54, 1.807) is 6.07 Å². The minimum atomic E-state index is -0.187. The van der Waals surface area contributed by atoms with Gasteiger partial charge < -0.3 is 10.8 Å². The van der Waals surface area contributed by atoms with Gasteiger partial charge in [-0.15, -0.1) is 0 Å². The first-order valence-corrected chi connectivity index (χ1v) is 4.56. The third-order valence-electron chi connectivity index (χ3n) is 2.25. The van der Waals surface area contributed by atoms with E-state index in [0.717, 1.165) is 11.1 Å². The first-order valence-electron chi connectivity index (χ1n) is 4.56. The first kappa shape index (κ1) is 10.7. The number of nitrogens with two attached hydrogens (primary N) is 1. The molecular formula is C11H14N2O. The van der Waals surface area contributed by atoms with E-state index in [1.807, 2.05) is 19.1 Å². The quantitative estimate of drug-likeness (QED) is 0.753. The lowest BCUT2D eigenvalue weighted by atomic mass is 10.00. The van der Waals surface area contributed by atoms with E-state index in [0.29, 0.717) is 12.0 Å². The fraction of sp³-hybridized carbons (Fsp3) is 0.364. The Balaban J connectivity index is 2.95. The van der Waals surface area contributed by atoms with Crippen molar-refractivity contribution in [3.63, 3.8) is 0 Å². The first-order chi connectivity index (χ1) is 6.69. The monoisotopic (exact) mass is 190 g/mol. The molecule has 74 valence electrons. The maximum atomic E-state index is 8.81. The van der Waals surface area contributed by atoms with Crippen LogP contribution in [-0.4, -0.2) is 11.7 Å². The van der Waals surface area contributed by atoms with Crippen molar-refractivity contribution in [2.45, 2.75) is 19.4 Å². The second-order valence-electron chi connectivity index (χ2n) is 3.30. The molecule has 1 aromatic carbocycles. The Bertz CT molecular complexity index is 355. The molecule has 0 bridgehead atoms. The molecule has 0 aromatic heterocycles. The van der Waals surface area contributed by atoms with Gasteiger partial charge in [0, 0.05) is 12.6 Å². The van der Waals surface area contributed by atoms with Gasteiger partial charge in [0.1, 0.15) is 0 Å². The van der Waals surface area contributed by atoms with Crippen molar-refractivity contribution < 1.29 is 5.11 Å². The van der Waals surface area contributed by atoms with Gasteiger partial charge in [-0.05, 0) is 30.5 Å². The molecule has 3 N–H and O–H groups in total. The Kier molecular flexibility index (Phi) is 3.63. The lowest BCUT2D eigenvalue weighted by molar-refractivity contribution is 0.276. The average molecular weight is 190 g/mol. The molecule has 0 heterocycles. The summed E-state index contributed by atoms with van der Waals surface area (Å²) in [6.45, 7) is 1.96. The van der Waals surface area contributed by atoms with E-state index >= 15 is 0 Å². The molecule has 0 fully saturated rings. The summed E-state index contributed by atoms with van der Waals surface area (Å²) >= 11 is 0. The van der Waals surface area contributed by atoms with Crippen LogP contribution in [0, 0.1) is 18.3 Å². The number of rotatable bonds is 3. The summed E-state index contributed by atoms with van der Waals surface area (Å²) in [5.41, 5.74) is 8.31. The van der Waals surface area contributed by atoms with Gasteiger partial charge >= 0.3 is 0 Å². The Morgan fingerprint density at radius 3 is 2.86 bits per heavy atom. The van der Waals surface area contributed by atoms with Gasteiger partial charge in [-0.25, -0.2) is 0 Å². The Morgan fingerprint density at radius 1 is 1.57 bits per heavy atom. The molecule has 14 heavy (non-hydrogen) atoms. The van der Waals surface area contributed by atoms with E-state index in [4.69, 9.17) is 16.1 Å². The summed E-state index contributed by atoms with van der Waals surface area (Å²) in [6, 6.07) is 7.49. The second kappa shape index (κ2) is 4.75. The standard InChI is InChI=1S/C11H14N2O/c1-8-2-3-9(6-10(8)7-12)11(13)4-5-14/h2-3,6,11,14H,4-5,13H2,1H3/t11-/m1/s1. The summed E-state index contributed by atoms with van der Waals surface area (Å²) < 4.78 is 0. The van der Waals surface area contributed by atoms with Crippen molar-refractivity contribution in [3.05, 3.63) is 34.9 Å². The lowest BCUT2D eigenvalue weighted by Gasteiger charge is -2.11. The highest BCUT2D eigenvalue weighted by atomic mass is 16.3. The predicted molar refractivity (Wildman–Crippen MR) is 54.5 cm³/mol. The highest BCUT2D eigenvalue weighted by Crippen LogP contribution is 2.17. The zero-order valence-electron chi connectivity index (χ0n) is 8.20. The molecule has 1 rings (SSSR count). The summed E-state index contributed by atoms with van der Waals surface area (Å²) in [7, 11) is 0. The predicted octanol–water partition coefficient (Wildman–Crippen LogP) is 1.25. The van der Waals surface area contributed by atoms with Gasteiger partial charge in [0.25, 0.3) is 0 Å². The molecule has 3 nitrogen and oxygen atoms in total. The van der Waals surface area contributed by atoms with E-state index in [2.05, 4.69) is 6.07 Å². The van der Waals surface area contributed by atoms with Gasteiger partial charge in [0.05, 0.1) is 11.6 Å². The van der Waals surface area contributed by atoms with Crippen molar-refractivity contribution in [2.75, 3.05) is 6.61 Å². The third-order valence-corrected chi connectivity index (χ3v) is 2.25. The number of benzene rings is 1. The van der Waals surface area contributed by atoms with Crippen LogP contribution in [0.4, 0.5) is 0 Å². The third kappa shape index (κ3) is 2.32. The molecule has 3 heteroatoms. The molecule has 0 spiro atoms. The van der Waals surface area contributed by atoms with Crippen molar-refractivity contribution >= 4 is 0 Å². The Hall–Kier alpha value is -1.37. The van der Waals surface area contributed by atoms with E-state index in [-0.39, 0.29) is 12.6 Å². The molecule has 0 aliphatic carbocycles. The Labute approximate surface area is 83.8 Å². The number of nitriles is 1. The molecule has 0 amide bonds. The summed E-state index contributed by atoms with van der Waals surface area (Å²) in [4.78, 5) is 0. The van der Waals surface area contributed by atoms with Crippen LogP contribution in [0.25, 0.3) is 0 Å². The average Bonchev–Trinajstić information content (AvgIpc) is 2.19. The highest BCUT2D eigenvalue weighted by Gasteiger charge is 2.06. The van der Waals surface area contributed by atoms with E-state index in [9.17, 15) is 0 Å². The van der Waals surface area contributed by atoms with Crippen LogP contribution < -0.4 is 5.73 Å². The fourth-order valence-corrected chi connectivity index (χ4v) is 1.30. The Morgan fingerprint density at radius 2 is 2.29 bits per heavy atom. The van der Waals surface area contributed by atoms with Crippen molar-refractivity contribution in [3.8, 4) is 6.07 Å². The fourth-order valence-electron chi connectivity index (χ4n) is 1.30. The van der Waals surface area contributed by atoms with Gasteiger partial charge in [-0.2, -0.15) is 5.26 Å². The van der Waals surface area contributed by atoms with Gasteiger partial charge in [0.2, 0.25) is 0 Å². The second-order valence-corrected chi connectivity index (χ2v) is 3.30. The van der Waals surface area contributed by atoms with Gasteiger partial charge in [0.15, 0.2) is 0 Å². The maximum absolute atomic E-state index is 8.81. The molecule has 1 atom stereocenters. The largest absolute Gasteiger partial charge is 0.396 e. The van der Waals surface area contributed by atoms with Crippen LogP contribution in [-0.2, 0) is 0 Å². The number of aliphatic hydroxyl groups is 1. The van der Waals surface area contributed by atoms with Crippen LogP contribution >= 0.6 is 0 Å². The minimum Gasteiger partial charge on any atom is -0.396 e. The number of aryl methyl sites for hydroxylation is 1. The van der Waals surface area contributed by atoms with Crippen molar-refractivity contribution in [1.82, 2.24) is 0 Å². The zero-order valence-corrected chi connectivity index (χ0v) is 8.20. The topological polar surface area (TPSA) is 70.0 Å². The molecule has 0 aliphatic rings. The SMILES string of the molecule is Cc1ccc([C@H](N)CCO)cc1C#N. The zero-order chi connectivity index (χ0) is 10.6. The van der Waals surface area contributed by atoms with E-state index < -0.39 is 0 Å². The van der Waals surface area contributed by atoms with E-state index in [1.165, 1.54) is 0 Å². The van der Waals surface area contributed by atoms with Gasteiger partial charge in [-0.3, -0.25) is 0 Å². The molecule has 0 unspecified atom stereocenters. The summed E-state index contributed by atoms with van der Waals surface area (Å²) in [5, 5.41) is 17.5. The maximum Gasteiger partial charge on any atom is 0.0994 e. The van der Waals surface area contributed by atoms with Crippen LogP contribution in [0.3, 0.4) is 0 Å². The highest BCUT2D eigenvalue weighted by molar-refractivity contribution is 5.40. The van der Waals surface area contributed by atoms with Crippen LogP contribution in [0.5, 0.6) is 0 Å². The van der Waals surface area contributed by atoms with Gasteiger partial charge in [-0.1, -0.05) is 12.1 Å². The molecule has 0 saturated carbocycles. The van der Waals surface area contributed by atoms with Crippen LogP contribution in [0.1, 0.15) is 29.2 Å². The number of hydrogen-bond donors (Lipinski definition) is 2.